The van der Waals surface area contributed by atoms with E-state index in [0.717, 1.165) is 11.1 Å². The van der Waals surface area contributed by atoms with Gasteiger partial charge in [0.25, 0.3) is 0 Å². The first kappa shape index (κ1) is 11.8. The fourth-order valence-electron chi connectivity index (χ4n) is 1.64. The minimum absolute atomic E-state index is 0. The molecule has 0 saturated heterocycles. The Balaban J connectivity index is 0.00000108. The molecule has 0 aliphatic rings. The second kappa shape index (κ2) is 4.66. The van der Waals surface area contributed by atoms with Crippen molar-refractivity contribution in [2.24, 2.45) is 0 Å². The van der Waals surface area contributed by atoms with Crippen LogP contribution in [0.1, 0.15) is 0 Å². The number of hydrogen-bond donors (Lipinski definition) is 1. The van der Waals surface area contributed by atoms with E-state index in [1.807, 2.05) is 30.3 Å². The summed E-state index contributed by atoms with van der Waals surface area (Å²) in [6, 6.07) is 14.5. The van der Waals surface area contributed by atoms with Gasteiger partial charge in [-0.2, -0.15) is 0 Å². The van der Waals surface area contributed by atoms with Crippen molar-refractivity contribution >= 4 is 30.0 Å². The van der Waals surface area contributed by atoms with Crippen LogP contribution in [-0.4, -0.2) is 29.0 Å². The molecule has 3 aromatic rings. The van der Waals surface area contributed by atoms with Crippen molar-refractivity contribution in [2.75, 3.05) is 0 Å². The van der Waals surface area contributed by atoms with Crippen LogP contribution in [-0.2, 0) is 0 Å². The van der Waals surface area contributed by atoms with E-state index in [0.29, 0.717) is 11.5 Å². The number of fused-ring (bicyclic) bond motifs is 1. The molecule has 0 saturated carbocycles. The number of aromatic hydroxyl groups is 1. The van der Waals surface area contributed by atoms with Crippen LogP contribution in [0, 0.1) is 0 Å². The Morgan fingerprint density at radius 3 is 2.41 bits per heavy atom. The second-order valence-electron chi connectivity index (χ2n) is 3.50. The third kappa shape index (κ3) is 2.08. The van der Waals surface area contributed by atoms with Gasteiger partial charge in [0.2, 0.25) is 5.89 Å². The molecule has 1 N–H and O–H groups in total. The Kier molecular flexibility index (Phi) is 3.23. The molecule has 0 amide bonds. The average Bonchev–Trinajstić information content (AvgIpc) is 2.73. The molecule has 1 aromatic heterocycles. The number of benzene rings is 2. The Bertz CT molecular complexity index is 615. The number of phenols is 1. The van der Waals surface area contributed by atoms with Crippen molar-refractivity contribution in [3.63, 3.8) is 0 Å². The fraction of sp³-hybridized carbons (Fsp3) is 0. The molecule has 3 rings (SSSR count). The summed E-state index contributed by atoms with van der Waals surface area (Å²) < 4.78 is 5.56. The molecule has 0 unspecified atom stereocenters. The monoisotopic (exact) mass is 219 g/mol. The number of phenolic OH excluding ortho intramolecular Hbond substituents is 1. The Morgan fingerprint density at radius 2 is 1.65 bits per heavy atom. The molecule has 0 radical (unpaired) electrons. The van der Waals surface area contributed by atoms with Gasteiger partial charge in [0.1, 0.15) is 11.3 Å². The van der Waals surface area contributed by atoms with E-state index in [-0.39, 0.29) is 24.6 Å². The van der Waals surface area contributed by atoms with Crippen LogP contribution < -0.4 is 0 Å². The van der Waals surface area contributed by atoms with E-state index >= 15 is 0 Å². The zero-order chi connectivity index (χ0) is 11.0. The summed E-state index contributed by atoms with van der Waals surface area (Å²) in [6.07, 6.45) is 0. The quantitative estimate of drug-likeness (QED) is 0.640. The second-order valence-corrected chi connectivity index (χ2v) is 3.50. The van der Waals surface area contributed by atoms with Crippen LogP contribution >= 0.6 is 0 Å². The standard InChI is InChI=1S/C13H9NO2.Li.H/c15-11-7-3-1-5-9(11)13-14-10-6-2-4-8-12(10)16-13;;/h1-8,15H;;. The van der Waals surface area contributed by atoms with Gasteiger partial charge in [-0.05, 0) is 24.3 Å². The van der Waals surface area contributed by atoms with Crippen molar-refractivity contribution in [1.29, 1.82) is 0 Å². The van der Waals surface area contributed by atoms with Gasteiger partial charge in [0.15, 0.2) is 5.58 Å². The maximum atomic E-state index is 9.69. The minimum atomic E-state index is 0. The van der Waals surface area contributed by atoms with Crippen LogP contribution in [0.15, 0.2) is 52.9 Å². The van der Waals surface area contributed by atoms with Crippen LogP contribution in [0.5, 0.6) is 5.75 Å². The molecule has 4 heteroatoms. The molecule has 1 heterocycles. The van der Waals surface area contributed by atoms with Crippen LogP contribution in [0.3, 0.4) is 0 Å². The van der Waals surface area contributed by atoms with Crippen LogP contribution in [0.2, 0.25) is 0 Å². The number of nitrogens with zero attached hydrogens (tertiary/aromatic N) is 1. The predicted octanol–water partition coefficient (Wildman–Crippen LogP) is 2.55. The van der Waals surface area contributed by atoms with Gasteiger partial charge in [0, 0.05) is 0 Å². The van der Waals surface area contributed by atoms with Crippen molar-refractivity contribution in [2.45, 2.75) is 0 Å². The molecule has 17 heavy (non-hydrogen) atoms. The number of rotatable bonds is 1. The van der Waals surface area contributed by atoms with E-state index in [1.54, 1.807) is 18.2 Å². The van der Waals surface area contributed by atoms with Gasteiger partial charge >= 0.3 is 18.9 Å². The van der Waals surface area contributed by atoms with Crippen molar-refractivity contribution < 1.29 is 9.52 Å². The van der Waals surface area contributed by atoms with Gasteiger partial charge in [-0.25, -0.2) is 4.98 Å². The summed E-state index contributed by atoms with van der Waals surface area (Å²) in [6.45, 7) is 0. The van der Waals surface area contributed by atoms with E-state index < -0.39 is 0 Å². The number of oxazole rings is 1. The van der Waals surface area contributed by atoms with E-state index in [1.165, 1.54) is 0 Å². The molecule has 0 atom stereocenters. The van der Waals surface area contributed by atoms with E-state index in [2.05, 4.69) is 4.98 Å². The SMILES string of the molecule is Oc1ccccc1-c1nc2ccccc2o1.[LiH]. The van der Waals surface area contributed by atoms with E-state index in [9.17, 15) is 5.11 Å². The predicted molar refractivity (Wildman–Crippen MR) is 68.3 cm³/mol. The molecule has 80 valence electrons. The summed E-state index contributed by atoms with van der Waals surface area (Å²) in [7, 11) is 0. The number of para-hydroxylation sites is 3. The zero-order valence-corrected chi connectivity index (χ0v) is 8.42. The molecule has 3 nitrogen and oxygen atoms in total. The molecule has 0 fully saturated rings. The molecule has 0 aliphatic carbocycles. The Hall–Kier alpha value is -1.69. The summed E-state index contributed by atoms with van der Waals surface area (Å²) >= 11 is 0. The van der Waals surface area contributed by atoms with Gasteiger partial charge in [0.05, 0.1) is 5.56 Å². The topological polar surface area (TPSA) is 46.3 Å². The first-order valence-corrected chi connectivity index (χ1v) is 4.98. The summed E-state index contributed by atoms with van der Waals surface area (Å²) in [4.78, 5) is 4.32. The Labute approximate surface area is 110 Å². The van der Waals surface area contributed by atoms with Crippen molar-refractivity contribution in [1.82, 2.24) is 4.98 Å². The van der Waals surface area contributed by atoms with Crippen molar-refractivity contribution in [3.05, 3.63) is 48.5 Å². The molecule has 0 aliphatic heterocycles. The number of aromatic nitrogens is 1. The summed E-state index contributed by atoms with van der Waals surface area (Å²) in [5.74, 6) is 0.619. The summed E-state index contributed by atoms with van der Waals surface area (Å²) in [5.41, 5.74) is 2.13. The maximum absolute atomic E-state index is 9.69. The fourth-order valence-corrected chi connectivity index (χ4v) is 1.64. The molecule has 0 spiro atoms. The van der Waals surface area contributed by atoms with Gasteiger partial charge in [-0.1, -0.05) is 24.3 Å². The molecule has 0 bridgehead atoms. The molecular formula is C13H10LiNO2. The summed E-state index contributed by atoms with van der Waals surface area (Å²) in [5, 5.41) is 9.69. The van der Waals surface area contributed by atoms with Crippen LogP contribution in [0.25, 0.3) is 22.6 Å². The normalized spacial score (nSPS) is 10.1. The first-order valence-electron chi connectivity index (χ1n) is 4.98. The van der Waals surface area contributed by atoms with E-state index in [4.69, 9.17) is 4.42 Å². The first-order chi connectivity index (χ1) is 7.84. The van der Waals surface area contributed by atoms with Crippen molar-refractivity contribution in [3.8, 4) is 17.2 Å². The third-order valence-electron chi connectivity index (χ3n) is 2.43. The third-order valence-corrected chi connectivity index (χ3v) is 2.43. The molecule has 2 aromatic carbocycles. The number of hydrogen-bond acceptors (Lipinski definition) is 3. The van der Waals surface area contributed by atoms with Crippen LogP contribution in [0.4, 0.5) is 0 Å². The van der Waals surface area contributed by atoms with Gasteiger partial charge < -0.3 is 9.52 Å². The molecular weight excluding hydrogens is 209 g/mol. The van der Waals surface area contributed by atoms with Gasteiger partial charge in [-0.3, -0.25) is 0 Å². The van der Waals surface area contributed by atoms with Gasteiger partial charge in [-0.15, -0.1) is 0 Å². The average molecular weight is 219 g/mol. The zero-order valence-electron chi connectivity index (χ0n) is 8.42. The Morgan fingerprint density at radius 1 is 0.941 bits per heavy atom.